The van der Waals surface area contributed by atoms with E-state index in [0.717, 1.165) is 5.56 Å². The number of anilines is 1. The van der Waals surface area contributed by atoms with Gasteiger partial charge in [-0.1, -0.05) is 41.9 Å². The van der Waals surface area contributed by atoms with Crippen LogP contribution in [-0.2, 0) is 11.2 Å². The van der Waals surface area contributed by atoms with E-state index in [-0.39, 0.29) is 10.6 Å². The molecule has 2 aromatic rings. The zero-order valence-corrected chi connectivity index (χ0v) is 13.3. The third-order valence-corrected chi connectivity index (χ3v) is 4.20. The number of fused-ring (bicyclic) bond motifs is 1. The monoisotopic (exact) mass is 343 g/mol. The Hall–Kier alpha value is -2.86. The van der Waals surface area contributed by atoms with Gasteiger partial charge in [-0.3, -0.25) is 19.8 Å². The van der Waals surface area contributed by atoms with Crippen molar-refractivity contribution in [3.8, 4) is 0 Å². The Morgan fingerprint density at radius 3 is 2.46 bits per heavy atom. The topological polar surface area (TPSA) is 92.5 Å². The summed E-state index contributed by atoms with van der Waals surface area (Å²) in [7, 11) is 0. The molecular formula is C17H14ClN3O3. The van der Waals surface area contributed by atoms with Crippen LogP contribution in [-0.4, -0.2) is 23.9 Å². The number of nitrogens with two attached hydrogens (primary N) is 1. The summed E-state index contributed by atoms with van der Waals surface area (Å²) < 4.78 is 0. The Morgan fingerprint density at radius 2 is 1.75 bits per heavy atom. The van der Waals surface area contributed by atoms with Crippen molar-refractivity contribution in [1.29, 1.82) is 0 Å². The first kappa shape index (κ1) is 16.0. The molecule has 0 radical (unpaired) electrons. The first-order chi connectivity index (χ1) is 11.5. The van der Waals surface area contributed by atoms with Crippen molar-refractivity contribution in [2.75, 3.05) is 4.90 Å². The lowest BCUT2D eigenvalue weighted by molar-refractivity contribution is -0.121. The van der Waals surface area contributed by atoms with Gasteiger partial charge >= 0.3 is 6.03 Å². The van der Waals surface area contributed by atoms with Gasteiger partial charge in [-0.2, -0.15) is 0 Å². The van der Waals surface area contributed by atoms with Crippen molar-refractivity contribution >= 4 is 35.1 Å². The van der Waals surface area contributed by atoms with Crippen LogP contribution in [0.15, 0.2) is 48.5 Å². The fourth-order valence-electron chi connectivity index (χ4n) is 2.78. The lowest BCUT2D eigenvalue weighted by atomic mass is 10.1. The summed E-state index contributed by atoms with van der Waals surface area (Å²) in [6.07, 6.45) is 0.292. The quantitative estimate of drug-likeness (QED) is 0.818. The molecule has 7 heteroatoms. The van der Waals surface area contributed by atoms with E-state index < -0.39 is 23.9 Å². The zero-order valence-electron chi connectivity index (χ0n) is 12.5. The molecule has 24 heavy (non-hydrogen) atoms. The number of carbonyl (C=O) groups excluding carboxylic acids is 3. The molecule has 0 saturated carbocycles. The molecule has 3 N–H and O–H groups in total. The van der Waals surface area contributed by atoms with Crippen LogP contribution in [0.25, 0.3) is 0 Å². The molecular weight excluding hydrogens is 330 g/mol. The van der Waals surface area contributed by atoms with E-state index in [1.807, 2.05) is 12.1 Å². The molecule has 0 saturated heterocycles. The third kappa shape index (κ3) is 2.83. The van der Waals surface area contributed by atoms with Gasteiger partial charge in [0.25, 0.3) is 5.91 Å². The van der Waals surface area contributed by atoms with Gasteiger partial charge < -0.3 is 5.73 Å². The number of carbonyl (C=O) groups is 3. The Balaban J connectivity index is 1.82. The van der Waals surface area contributed by atoms with E-state index >= 15 is 0 Å². The zero-order chi connectivity index (χ0) is 17.3. The lowest BCUT2D eigenvalue weighted by Crippen LogP contribution is -2.51. The first-order valence-corrected chi connectivity index (χ1v) is 7.63. The maximum atomic E-state index is 12.5. The van der Waals surface area contributed by atoms with E-state index in [0.29, 0.717) is 12.1 Å². The van der Waals surface area contributed by atoms with E-state index in [1.54, 1.807) is 30.3 Å². The summed E-state index contributed by atoms with van der Waals surface area (Å²) in [6.45, 7) is 0. The van der Waals surface area contributed by atoms with Crippen LogP contribution in [0.5, 0.6) is 0 Å². The van der Waals surface area contributed by atoms with Gasteiger partial charge in [0.2, 0.25) is 5.91 Å². The summed E-state index contributed by atoms with van der Waals surface area (Å²) in [4.78, 5) is 37.7. The van der Waals surface area contributed by atoms with Crippen molar-refractivity contribution < 1.29 is 14.4 Å². The molecule has 3 rings (SSSR count). The molecule has 0 fully saturated rings. The molecule has 1 atom stereocenters. The Labute approximate surface area is 143 Å². The third-order valence-electron chi connectivity index (χ3n) is 3.87. The minimum atomic E-state index is -0.869. The number of primary amides is 1. The molecule has 0 aromatic heterocycles. The molecule has 1 aliphatic heterocycles. The van der Waals surface area contributed by atoms with Crippen LogP contribution in [0.1, 0.15) is 15.9 Å². The van der Waals surface area contributed by atoms with E-state index in [4.69, 9.17) is 17.3 Å². The van der Waals surface area contributed by atoms with Gasteiger partial charge in [-0.05, 0) is 23.8 Å². The number of halogens is 1. The second-order valence-corrected chi connectivity index (χ2v) is 5.76. The number of para-hydroxylation sites is 1. The predicted molar refractivity (Wildman–Crippen MR) is 89.9 cm³/mol. The molecule has 122 valence electrons. The maximum absolute atomic E-state index is 12.5. The highest BCUT2D eigenvalue weighted by Gasteiger charge is 2.38. The number of hydrogen-bond acceptors (Lipinski definition) is 3. The lowest BCUT2D eigenvalue weighted by Gasteiger charge is -2.22. The van der Waals surface area contributed by atoms with Crippen LogP contribution < -0.4 is 16.0 Å². The highest BCUT2D eigenvalue weighted by Crippen LogP contribution is 2.31. The number of rotatable bonds is 2. The molecule has 1 heterocycles. The fourth-order valence-corrected chi connectivity index (χ4v) is 3.00. The minimum absolute atomic E-state index is 0.189. The van der Waals surface area contributed by atoms with Gasteiger partial charge in [-0.15, -0.1) is 0 Å². The van der Waals surface area contributed by atoms with Crippen molar-refractivity contribution in [3.05, 3.63) is 64.7 Å². The fraction of sp³-hybridized carbons (Fsp3) is 0.118. The second kappa shape index (κ2) is 6.33. The minimum Gasteiger partial charge on any atom is -0.351 e. The average Bonchev–Trinajstić information content (AvgIpc) is 2.95. The summed E-state index contributed by atoms with van der Waals surface area (Å²) in [6, 6.07) is 11.9. The van der Waals surface area contributed by atoms with Gasteiger partial charge in [0.15, 0.2) is 0 Å². The standard InChI is InChI=1S/C17H14ClN3O3/c18-12-7-3-2-6-11(12)15(22)20-16(23)14-9-10-5-1-4-8-13(10)21(14)17(19)24/h1-8,14H,9H2,(H2,19,24)(H,20,22,23). The van der Waals surface area contributed by atoms with Crippen LogP contribution in [0.2, 0.25) is 5.02 Å². The van der Waals surface area contributed by atoms with Crippen molar-refractivity contribution in [1.82, 2.24) is 5.32 Å². The highest BCUT2D eigenvalue weighted by molar-refractivity contribution is 6.34. The number of benzene rings is 2. The van der Waals surface area contributed by atoms with Crippen LogP contribution >= 0.6 is 11.6 Å². The Bertz CT molecular complexity index is 837. The number of nitrogens with zero attached hydrogens (tertiary/aromatic N) is 1. The van der Waals surface area contributed by atoms with Gasteiger partial charge in [0, 0.05) is 12.1 Å². The molecule has 6 nitrogen and oxygen atoms in total. The van der Waals surface area contributed by atoms with E-state index in [9.17, 15) is 14.4 Å². The van der Waals surface area contributed by atoms with Gasteiger partial charge in [0.1, 0.15) is 6.04 Å². The molecule has 0 bridgehead atoms. The molecule has 1 unspecified atom stereocenters. The van der Waals surface area contributed by atoms with Gasteiger partial charge in [-0.25, -0.2) is 4.79 Å². The maximum Gasteiger partial charge on any atom is 0.320 e. The predicted octanol–water partition coefficient (Wildman–Crippen LogP) is 2.11. The van der Waals surface area contributed by atoms with Crippen molar-refractivity contribution in [2.24, 2.45) is 5.73 Å². The van der Waals surface area contributed by atoms with Crippen molar-refractivity contribution in [3.63, 3.8) is 0 Å². The van der Waals surface area contributed by atoms with Crippen LogP contribution in [0, 0.1) is 0 Å². The summed E-state index contributed by atoms with van der Waals surface area (Å²) in [5.74, 6) is -1.22. The Morgan fingerprint density at radius 1 is 1.08 bits per heavy atom. The Kier molecular flexibility index (Phi) is 4.22. The number of hydrogen-bond donors (Lipinski definition) is 2. The SMILES string of the molecule is NC(=O)N1c2ccccc2CC1C(=O)NC(=O)c1ccccc1Cl. The van der Waals surface area contributed by atoms with Crippen LogP contribution in [0.4, 0.5) is 10.5 Å². The normalized spacial score (nSPS) is 15.7. The average molecular weight is 344 g/mol. The summed E-state index contributed by atoms with van der Waals surface area (Å²) >= 11 is 5.96. The molecule has 4 amide bonds. The largest absolute Gasteiger partial charge is 0.351 e. The number of amides is 4. The molecule has 0 spiro atoms. The number of nitrogens with one attached hydrogen (secondary N) is 1. The van der Waals surface area contributed by atoms with Crippen LogP contribution in [0.3, 0.4) is 0 Å². The van der Waals surface area contributed by atoms with E-state index in [1.165, 1.54) is 11.0 Å². The highest BCUT2D eigenvalue weighted by atomic mass is 35.5. The smallest absolute Gasteiger partial charge is 0.320 e. The van der Waals surface area contributed by atoms with Crippen molar-refractivity contribution in [2.45, 2.75) is 12.5 Å². The number of urea groups is 1. The first-order valence-electron chi connectivity index (χ1n) is 7.25. The second-order valence-electron chi connectivity index (χ2n) is 5.36. The summed E-state index contributed by atoms with van der Waals surface area (Å²) in [5, 5.41) is 2.53. The molecule has 2 aromatic carbocycles. The number of imide groups is 1. The van der Waals surface area contributed by atoms with Gasteiger partial charge in [0.05, 0.1) is 10.6 Å². The summed E-state index contributed by atoms with van der Waals surface area (Å²) in [5.41, 5.74) is 7.00. The molecule has 1 aliphatic rings. The molecule has 0 aliphatic carbocycles. The van der Waals surface area contributed by atoms with E-state index in [2.05, 4.69) is 5.32 Å².